The third-order valence-corrected chi connectivity index (χ3v) is 6.92. The lowest BCUT2D eigenvalue weighted by atomic mass is 9.93. The van der Waals surface area contributed by atoms with Crippen molar-refractivity contribution in [2.24, 2.45) is 0 Å². The monoisotopic (exact) mass is 467 g/mol. The van der Waals surface area contributed by atoms with Crippen LogP contribution in [0.3, 0.4) is 0 Å². The number of rotatable bonds is 7. The summed E-state index contributed by atoms with van der Waals surface area (Å²) in [5, 5.41) is 4.08. The lowest BCUT2D eigenvalue weighted by Gasteiger charge is -2.44. The van der Waals surface area contributed by atoms with Gasteiger partial charge in [-0.15, -0.1) is 0 Å². The maximum atomic E-state index is 13.9. The largest absolute Gasteiger partial charge is 0.496 e. The summed E-state index contributed by atoms with van der Waals surface area (Å²) in [5.41, 5.74) is 2.53. The molecule has 0 aliphatic carbocycles. The van der Waals surface area contributed by atoms with Crippen LogP contribution in [-0.4, -0.2) is 40.5 Å². The van der Waals surface area contributed by atoms with Gasteiger partial charge in [0.05, 0.1) is 13.7 Å². The molecule has 0 spiro atoms. The van der Waals surface area contributed by atoms with Gasteiger partial charge in [-0.25, -0.2) is 0 Å². The average molecular weight is 468 g/mol. The number of benzene rings is 3. The molecule has 1 N–H and O–H groups in total. The first-order valence-corrected chi connectivity index (χ1v) is 11.9. The van der Waals surface area contributed by atoms with Gasteiger partial charge in [0.2, 0.25) is 5.91 Å². The third kappa shape index (κ3) is 4.16. The highest BCUT2D eigenvalue weighted by atomic mass is 16.5. The van der Waals surface area contributed by atoms with E-state index in [1.54, 1.807) is 12.0 Å². The number of fused-ring (bicyclic) bond motifs is 3. The van der Waals surface area contributed by atoms with E-state index < -0.39 is 5.54 Å². The van der Waals surface area contributed by atoms with Crippen LogP contribution in [0, 0.1) is 0 Å². The van der Waals surface area contributed by atoms with Gasteiger partial charge in [-0.2, -0.15) is 0 Å². The number of methoxy groups -OCH3 is 1. The van der Waals surface area contributed by atoms with Gasteiger partial charge in [0.15, 0.2) is 0 Å². The van der Waals surface area contributed by atoms with Crippen LogP contribution in [0.5, 0.6) is 5.75 Å². The minimum absolute atomic E-state index is 0.139. The highest BCUT2D eigenvalue weighted by Gasteiger charge is 2.47. The highest BCUT2D eigenvalue weighted by molar-refractivity contribution is 6.03. The van der Waals surface area contributed by atoms with Crippen molar-refractivity contribution >= 4 is 22.7 Å². The molecule has 0 saturated carbocycles. The second-order valence-electron chi connectivity index (χ2n) is 9.14. The summed E-state index contributed by atoms with van der Waals surface area (Å²) < 4.78 is 7.49. The van der Waals surface area contributed by atoms with Crippen LogP contribution in [0.1, 0.15) is 28.5 Å². The van der Waals surface area contributed by atoms with Gasteiger partial charge in [-0.3, -0.25) is 9.59 Å². The number of para-hydroxylation sites is 2. The Morgan fingerprint density at radius 1 is 1.00 bits per heavy atom. The number of aromatic nitrogens is 1. The van der Waals surface area contributed by atoms with Crippen LogP contribution >= 0.6 is 0 Å². The van der Waals surface area contributed by atoms with Gasteiger partial charge in [0.1, 0.15) is 17.0 Å². The summed E-state index contributed by atoms with van der Waals surface area (Å²) in [6, 6.07) is 27.4. The van der Waals surface area contributed by atoms with Crippen molar-refractivity contribution in [3.63, 3.8) is 0 Å². The van der Waals surface area contributed by atoms with Crippen molar-refractivity contribution < 1.29 is 14.3 Å². The molecule has 0 fully saturated rings. The Labute approximate surface area is 205 Å². The van der Waals surface area contributed by atoms with Crippen LogP contribution in [0.4, 0.5) is 0 Å². The fourth-order valence-electron chi connectivity index (χ4n) is 4.97. The summed E-state index contributed by atoms with van der Waals surface area (Å²) in [7, 11) is 1.64. The van der Waals surface area contributed by atoms with Crippen molar-refractivity contribution in [3.8, 4) is 5.75 Å². The third-order valence-electron chi connectivity index (χ3n) is 6.92. The van der Waals surface area contributed by atoms with E-state index in [9.17, 15) is 9.59 Å². The summed E-state index contributed by atoms with van der Waals surface area (Å²) in [5.74, 6) is 0.471. The molecular weight excluding hydrogens is 438 g/mol. The van der Waals surface area contributed by atoms with Gasteiger partial charge in [0.25, 0.3) is 5.91 Å². The van der Waals surface area contributed by atoms with E-state index in [0.717, 1.165) is 27.8 Å². The van der Waals surface area contributed by atoms with Crippen molar-refractivity contribution in [2.75, 3.05) is 13.7 Å². The second kappa shape index (κ2) is 9.29. The molecular formula is C29H29N3O3. The number of hydrogen-bond donors (Lipinski definition) is 1. The number of nitrogens with zero attached hydrogens (tertiary/aromatic N) is 2. The fourth-order valence-corrected chi connectivity index (χ4v) is 4.97. The first kappa shape index (κ1) is 22.7. The zero-order chi connectivity index (χ0) is 24.4. The number of ether oxygens (including phenoxy) is 1. The fraction of sp³-hybridized carbons (Fsp3) is 0.241. The zero-order valence-corrected chi connectivity index (χ0v) is 20.0. The van der Waals surface area contributed by atoms with Crippen LogP contribution in [0.25, 0.3) is 10.9 Å². The minimum Gasteiger partial charge on any atom is -0.496 e. The Morgan fingerprint density at radius 3 is 2.51 bits per heavy atom. The molecule has 6 nitrogen and oxygen atoms in total. The van der Waals surface area contributed by atoms with Gasteiger partial charge < -0.3 is 19.5 Å². The minimum atomic E-state index is -1.05. The molecule has 1 aromatic heterocycles. The zero-order valence-electron chi connectivity index (χ0n) is 20.0. The molecule has 4 aromatic rings. The second-order valence-corrected chi connectivity index (χ2v) is 9.14. The van der Waals surface area contributed by atoms with E-state index in [4.69, 9.17) is 4.74 Å². The smallest absolute Gasteiger partial charge is 0.271 e. The van der Waals surface area contributed by atoms with Gasteiger partial charge >= 0.3 is 0 Å². The molecule has 0 bridgehead atoms. The molecule has 6 heteroatoms. The number of carbonyl (C=O) groups is 2. The Balaban J connectivity index is 1.49. The summed E-state index contributed by atoms with van der Waals surface area (Å²) in [6.07, 6.45) is 0.581. The normalized spacial score (nSPS) is 17.3. The summed E-state index contributed by atoms with van der Waals surface area (Å²) >= 11 is 0. The molecule has 3 aromatic carbocycles. The van der Waals surface area contributed by atoms with Crippen LogP contribution in [0.2, 0.25) is 0 Å². The lowest BCUT2D eigenvalue weighted by molar-refractivity contribution is -0.133. The van der Waals surface area contributed by atoms with Crippen LogP contribution < -0.4 is 10.1 Å². The summed E-state index contributed by atoms with van der Waals surface area (Å²) in [4.78, 5) is 29.3. The maximum Gasteiger partial charge on any atom is 0.271 e. The molecule has 0 radical (unpaired) electrons. The van der Waals surface area contributed by atoms with E-state index in [1.807, 2.05) is 96.4 Å². The van der Waals surface area contributed by atoms with Crippen molar-refractivity contribution in [3.05, 3.63) is 102 Å². The Kier molecular flexibility index (Phi) is 6.03. The van der Waals surface area contributed by atoms with Crippen molar-refractivity contribution in [2.45, 2.75) is 32.0 Å². The molecule has 0 saturated heterocycles. The molecule has 1 atom stereocenters. The van der Waals surface area contributed by atoms with Gasteiger partial charge in [-0.05, 0) is 42.7 Å². The van der Waals surface area contributed by atoms with E-state index in [-0.39, 0.29) is 11.8 Å². The predicted octanol–water partition coefficient (Wildman–Crippen LogP) is 4.42. The Hall–Kier alpha value is -4.06. The Morgan fingerprint density at radius 2 is 1.71 bits per heavy atom. The van der Waals surface area contributed by atoms with E-state index in [2.05, 4.69) is 5.32 Å². The highest BCUT2D eigenvalue weighted by Crippen LogP contribution is 2.33. The first-order valence-electron chi connectivity index (χ1n) is 11.9. The van der Waals surface area contributed by atoms with E-state index >= 15 is 0 Å². The van der Waals surface area contributed by atoms with Crippen molar-refractivity contribution in [1.29, 1.82) is 0 Å². The molecule has 2 heterocycles. The summed E-state index contributed by atoms with van der Waals surface area (Å²) in [6.45, 7) is 3.05. The molecule has 0 unspecified atom stereocenters. The Bertz CT molecular complexity index is 1380. The SMILES string of the molecule is COc1ccccc1CCN1C(=O)c2cc3ccccc3n2C[C@]1(C)C(=O)NCc1ccccc1. The van der Waals surface area contributed by atoms with Gasteiger partial charge in [-0.1, -0.05) is 66.7 Å². The lowest BCUT2D eigenvalue weighted by Crippen LogP contribution is -2.64. The topological polar surface area (TPSA) is 63.6 Å². The molecule has 178 valence electrons. The van der Waals surface area contributed by atoms with Crippen LogP contribution in [-0.2, 0) is 24.3 Å². The van der Waals surface area contributed by atoms with E-state index in [1.165, 1.54) is 0 Å². The average Bonchev–Trinajstić information content (AvgIpc) is 3.26. The molecule has 2 amide bonds. The van der Waals surface area contributed by atoms with Crippen LogP contribution in [0.15, 0.2) is 84.9 Å². The first-order chi connectivity index (χ1) is 17.0. The van der Waals surface area contributed by atoms with E-state index in [0.29, 0.717) is 31.7 Å². The number of amides is 2. The molecule has 5 rings (SSSR count). The predicted molar refractivity (Wildman–Crippen MR) is 136 cm³/mol. The maximum absolute atomic E-state index is 13.9. The standard InChI is InChI=1S/C29H29N3O3/c1-29(28(34)30-19-21-10-4-3-5-11-21)20-31-24-14-8-6-13-23(24)18-25(31)27(33)32(29)17-16-22-12-7-9-15-26(22)35-2/h3-15,18H,16-17,19-20H2,1-2H3,(H,30,34)/t29-/m1/s1. The quantitative estimate of drug-likeness (QED) is 0.438. The number of nitrogens with one attached hydrogen (secondary N) is 1. The number of hydrogen-bond acceptors (Lipinski definition) is 3. The molecule has 35 heavy (non-hydrogen) atoms. The molecule has 1 aliphatic rings. The van der Waals surface area contributed by atoms with Gasteiger partial charge in [0, 0.05) is 24.0 Å². The van der Waals surface area contributed by atoms with Crippen molar-refractivity contribution in [1.82, 2.24) is 14.8 Å². The number of carbonyl (C=O) groups excluding carboxylic acids is 2. The molecule has 1 aliphatic heterocycles.